The Morgan fingerprint density at radius 3 is 2.41 bits per heavy atom. The summed E-state index contributed by atoms with van der Waals surface area (Å²) in [6, 6.07) is 7.40. The van der Waals surface area contributed by atoms with E-state index in [4.69, 9.17) is 11.6 Å². The average Bonchev–Trinajstić information content (AvgIpc) is 2.47. The number of anilines is 1. The van der Waals surface area contributed by atoms with Crippen LogP contribution in [0, 0.1) is 25.5 Å². The molecule has 0 N–H and O–H groups in total. The van der Waals surface area contributed by atoms with Gasteiger partial charge in [0.05, 0.1) is 10.6 Å². The summed E-state index contributed by atoms with van der Waals surface area (Å²) >= 11 is 5.90. The van der Waals surface area contributed by atoms with Gasteiger partial charge in [0.15, 0.2) is 11.6 Å². The zero-order valence-corrected chi connectivity index (χ0v) is 13.3. The summed E-state index contributed by atoms with van der Waals surface area (Å²) in [6.45, 7) is 6.01. The van der Waals surface area contributed by atoms with E-state index in [0.29, 0.717) is 6.54 Å². The molecule has 116 valence electrons. The molecule has 0 atom stereocenters. The van der Waals surface area contributed by atoms with E-state index in [0.717, 1.165) is 28.9 Å². The Morgan fingerprint density at radius 2 is 1.77 bits per heavy atom. The van der Waals surface area contributed by atoms with Crippen LogP contribution >= 0.6 is 11.6 Å². The van der Waals surface area contributed by atoms with E-state index in [9.17, 15) is 13.6 Å². The predicted octanol–water partition coefficient (Wildman–Crippen LogP) is 4.90. The number of benzene rings is 2. The lowest BCUT2D eigenvalue weighted by atomic mass is 10.1. The highest BCUT2D eigenvalue weighted by Crippen LogP contribution is 2.27. The molecule has 2 nitrogen and oxygen atoms in total. The van der Waals surface area contributed by atoms with E-state index < -0.39 is 17.5 Å². The summed E-state index contributed by atoms with van der Waals surface area (Å²) in [5.41, 5.74) is 2.60. The summed E-state index contributed by atoms with van der Waals surface area (Å²) in [4.78, 5) is 14.2. The Hall–Kier alpha value is -1.94. The SMILES string of the molecule is CCN(C(=O)c1cc(F)c(F)cc1Cl)c1cc(C)ccc1C. The Kier molecular flexibility index (Phi) is 4.81. The molecule has 2 aromatic carbocycles. The average molecular weight is 324 g/mol. The molecule has 0 spiro atoms. The summed E-state index contributed by atoms with van der Waals surface area (Å²) < 4.78 is 26.6. The Labute approximate surface area is 133 Å². The van der Waals surface area contributed by atoms with Crippen LogP contribution in [0.3, 0.4) is 0 Å². The molecule has 0 aliphatic carbocycles. The standard InChI is InChI=1S/C17H16ClF2NO/c1-4-21(16-7-10(2)5-6-11(16)3)17(22)12-8-14(19)15(20)9-13(12)18/h5-9H,4H2,1-3H3. The number of halogens is 3. The molecule has 2 aromatic rings. The fraction of sp³-hybridized carbons (Fsp3) is 0.235. The first-order chi connectivity index (χ1) is 10.3. The first-order valence-corrected chi connectivity index (χ1v) is 7.26. The first-order valence-electron chi connectivity index (χ1n) is 6.88. The molecule has 0 radical (unpaired) electrons. The molecule has 0 saturated carbocycles. The van der Waals surface area contributed by atoms with Gasteiger partial charge in [0, 0.05) is 12.2 Å². The minimum Gasteiger partial charge on any atom is -0.308 e. The lowest BCUT2D eigenvalue weighted by molar-refractivity contribution is 0.0987. The van der Waals surface area contributed by atoms with Crippen molar-refractivity contribution in [3.63, 3.8) is 0 Å². The van der Waals surface area contributed by atoms with E-state index in [1.165, 1.54) is 4.90 Å². The smallest absolute Gasteiger partial charge is 0.259 e. The predicted molar refractivity (Wildman–Crippen MR) is 84.6 cm³/mol. The fourth-order valence-corrected chi connectivity index (χ4v) is 2.50. The molecule has 0 aromatic heterocycles. The normalized spacial score (nSPS) is 10.6. The van der Waals surface area contributed by atoms with Crippen molar-refractivity contribution in [1.29, 1.82) is 0 Å². The number of amides is 1. The third-order valence-electron chi connectivity index (χ3n) is 3.46. The second kappa shape index (κ2) is 6.44. The Bertz CT molecular complexity index is 731. The van der Waals surface area contributed by atoms with E-state index in [-0.39, 0.29) is 10.6 Å². The Balaban J connectivity index is 2.50. The molecule has 0 aliphatic heterocycles. The molecule has 22 heavy (non-hydrogen) atoms. The third kappa shape index (κ3) is 3.12. The molecule has 0 heterocycles. The topological polar surface area (TPSA) is 20.3 Å². The number of hydrogen-bond acceptors (Lipinski definition) is 1. The minimum atomic E-state index is -1.09. The van der Waals surface area contributed by atoms with Crippen LogP contribution in [0.25, 0.3) is 0 Å². The number of nitrogens with zero attached hydrogens (tertiary/aromatic N) is 1. The van der Waals surface area contributed by atoms with Gasteiger partial charge in [-0.3, -0.25) is 4.79 Å². The van der Waals surface area contributed by atoms with Crippen LogP contribution in [0.2, 0.25) is 5.02 Å². The van der Waals surface area contributed by atoms with Crippen molar-refractivity contribution in [2.24, 2.45) is 0 Å². The quantitative estimate of drug-likeness (QED) is 0.735. The molecule has 0 saturated heterocycles. The van der Waals surface area contributed by atoms with Crippen LogP contribution in [-0.4, -0.2) is 12.5 Å². The van der Waals surface area contributed by atoms with E-state index in [1.54, 1.807) is 0 Å². The van der Waals surface area contributed by atoms with Gasteiger partial charge in [0.2, 0.25) is 0 Å². The number of carbonyl (C=O) groups is 1. The van der Waals surface area contributed by atoms with Gasteiger partial charge in [0.25, 0.3) is 5.91 Å². The van der Waals surface area contributed by atoms with Crippen LogP contribution in [-0.2, 0) is 0 Å². The highest BCUT2D eigenvalue weighted by Gasteiger charge is 2.22. The molecule has 0 unspecified atom stereocenters. The molecule has 2 rings (SSSR count). The molecule has 1 amide bonds. The molecule has 0 bridgehead atoms. The van der Waals surface area contributed by atoms with Gasteiger partial charge in [-0.2, -0.15) is 0 Å². The summed E-state index contributed by atoms with van der Waals surface area (Å²) in [5, 5.41) is -0.104. The zero-order chi connectivity index (χ0) is 16.4. The highest BCUT2D eigenvalue weighted by molar-refractivity contribution is 6.34. The van der Waals surface area contributed by atoms with Crippen molar-refractivity contribution in [2.75, 3.05) is 11.4 Å². The molecular formula is C17H16ClF2NO. The second-order valence-electron chi connectivity index (χ2n) is 5.09. The van der Waals surface area contributed by atoms with E-state index in [2.05, 4.69) is 0 Å². The van der Waals surface area contributed by atoms with Gasteiger partial charge in [-0.05, 0) is 50.1 Å². The lowest BCUT2D eigenvalue weighted by Gasteiger charge is -2.24. The van der Waals surface area contributed by atoms with Crippen molar-refractivity contribution in [2.45, 2.75) is 20.8 Å². The van der Waals surface area contributed by atoms with Crippen molar-refractivity contribution >= 4 is 23.2 Å². The second-order valence-corrected chi connectivity index (χ2v) is 5.49. The highest BCUT2D eigenvalue weighted by atomic mass is 35.5. The molecule has 5 heteroatoms. The summed E-state index contributed by atoms with van der Waals surface area (Å²) in [5.74, 6) is -2.62. The van der Waals surface area contributed by atoms with Crippen LogP contribution in [0.15, 0.2) is 30.3 Å². The molecule has 0 aliphatic rings. The molecular weight excluding hydrogens is 308 g/mol. The van der Waals surface area contributed by atoms with Crippen molar-refractivity contribution in [3.8, 4) is 0 Å². The maximum Gasteiger partial charge on any atom is 0.259 e. The van der Waals surface area contributed by atoms with Gasteiger partial charge in [-0.25, -0.2) is 8.78 Å². The maximum absolute atomic E-state index is 13.4. The van der Waals surface area contributed by atoms with Gasteiger partial charge >= 0.3 is 0 Å². The summed E-state index contributed by atoms with van der Waals surface area (Å²) in [6.07, 6.45) is 0. The number of aryl methyl sites for hydroxylation is 2. The van der Waals surface area contributed by atoms with E-state index in [1.807, 2.05) is 39.0 Å². The van der Waals surface area contributed by atoms with Crippen LogP contribution in [0.1, 0.15) is 28.4 Å². The first kappa shape index (κ1) is 16.4. The number of rotatable bonds is 3. The van der Waals surface area contributed by atoms with E-state index >= 15 is 0 Å². The Morgan fingerprint density at radius 1 is 1.14 bits per heavy atom. The third-order valence-corrected chi connectivity index (χ3v) is 3.77. The van der Waals surface area contributed by atoms with Gasteiger partial charge in [-0.1, -0.05) is 23.7 Å². The van der Waals surface area contributed by atoms with Crippen LogP contribution < -0.4 is 4.90 Å². The largest absolute Gasteiger partial charge is 0.308 e. The summed E-state index contributed by atoms with van der Waals surface area (Å²) in [7, 11) is 0. The maximum atomic E-state index is 13.4. The monoisotopic (exact) mass is 323 g/mol. The van der Waals surface area contributed by atoms with Crippen molar-refractivity contribution < 1.29 is 13.6 Å². The number of hydrogen-bond donors (Lipinski definition) is 0. The van der Waals surface area contributed by atoms with Gasteiger partial charge < -0.3 is 4.90 Å². The van der Waals surface area contributed by atoms with Crippen LogP contribution in [0.4, 0.5) is 14.5 Å². The molecule has 0 fully saturated rings. The number of carbonyl (C=O) groups excluding carboxylic acids is 1. The zero-order valence-electron chi connectivity index (χ0n) is 12.6. The fourth-order valence-electron chi connectivity index (χ4n) is 2.27. The van der Waals surface area contributed by atoms with Gasteiger partial charge in [-0.15, -0.1) is 0 Å². The van der Waals surface area contributed by atoms with Gasteiger partial charge in [0.1, 0.15) is 0 Å². The van der Waals surface area contributed by atoms with Crippen molar-refractivity contribution in [3.05, 3.63) is 63.7 Å². The lowest BCUT2D eigenvalue weighted by Crippen LogP contribution is -2.31. The van der Waals surface area contributed by atoms with Crippen LogP contribution in [0.5, 0.6) is 0 Å². The van der Waals surface area contributed by atoms with Crippen molar-refractivity contribution in [1.82, 2.24) is 0 Å². The minimum absolute atomic E-state index is 0.0525.